The predicted molar refractivity (Wildman–Crippen MR) is 66.0 cm³/mol. The number of nitrogens with one attached hydrogen (secondary N) is 1. The lowest BCUT2D eigenvalue weighted by Crippen LogP contribution is -2.39. The van der Waals surface area contributed by atoms with E-state index in [-0.39, 0.29) is 12.0 Å². The number of esters is 1. The highest BCUT2D eigenvalue weighted by molar-refractivity contribution is 5.75. The van der Waals surface area contributed by atoms with Crippen molar-refractivity contribution in [3.63, 3.8) is 0 Å². The van der Waals surface area contributed by atoms with Crippen molar-refractivity contribution in [3.8, 4) is 12.3 Å². The van der Waals surface area contributed by atoms with Crippen LogP contribution in [0.3, 0.4) is 0 Å². The molecule has 0 spiro atoms. The third-order valence-electron chi connectivity index (χ3n) is 1.96. The van der Waals surface area contributed by atoms with Gasteiger partial charge in [0.05, 0.1) is 0 Å². The minimum atomic E-state index is -0.420. The van der Waals surface area contributed by atoms with Gasteiger partial charge in [-0.3, -0.25) is 4.79 Å². The highest BCUT2D eigenvalue weighted by Gasteiger charge is 2.20. The van der Waals surface area contributed by atoms with Crippen LogP contribution < -0.4 is 5.32 Å². The molecule has 0 aromatic heterocycles. The van der Waals surface area contributed by atoms with Crippen molar-refractivity contribution in [2.24, 2.45) is 0 Å². The van der Waals surface area contributed by atoms with E-state index < -0.39 is 5.60 Å². The largest absolute Gasteiger partial charge is 0.459 e. The summed E-state index contributed by atoms with van der Waals surface area (Å²) < 4.78 is 5.24. The van der Waals surface area contributed by atoms with Crippen LogP contribution in [0.25, 0.3) is 0 Å². The Balaban J connectivity index is 3.68. The van der Waals surface area contributed by atoms with Gasteiger partial charge >= 0.3 is 5.97 Å². The molecule has 0 bridgehead atoms. The van der Waals surface area contributed by atoms with E-state index >= 15 is 0 Å². The number of hydrogen-bond donors (Lipinski definition) is 1. The van der Waals surface area contributed by atoms with Gasteiger partial charge in [-0.25, -0.2) is 0 Å². The van der Waals surface area contributed by atoms with E-state index in [0.717, 1.165) is 25.8 Å². The number of unbranched alkanes of at least 4 members (excludes halogenated alkanes) is 2. The lowest BCUT2D eigenvalue weighted by molar-refractivity contribution is -0.156. The molecule has 0 amide bonds. The van der Waals surface area contributed by atoms with Gasteiger partial charge < -0.3 is 10.1 Å². The molecule has 16 heavy (non-hydrogen) atoms. The molecule has 1 N–H and O–H groups in total. The summed E-state index contributed by atoms with van der Waals surface area (Å²) >= 11 is 0. The Kier molecular flexibility index (Phi) is 6.83. The smallest absolute Gasteiger partial charge is 0.323 e. The van der Waals surface area contributed by atoms with Gasteiger partial charge in [-0.1, -0.05) is 0 Å². The van der Waals surface area contributed by atoms with E-state index in [0.29, 0.717) is 0 Å². The number of ether oxygens (including phenoxy) is 1. The van der Waals surface area contributed by atoms with Crippen LogP contribution in [0.2, 0.25) is 0 Å². The van der Waals surface area contributed by atoms with Crippen LogP contribution in [0.5, 0.6) is 0 Å². The second kappa shape index (κ2) is 7.29. The van der Waals surface area contributed by atoms with Crippen molar-refractivity contribution in [2.75, 3.05) is 6.54 Å². The van der Waals surface area contributed by atoms with Crippen molar-refractivity contribution in [3.05, 3.63) is 0 Å². The number of terminal acetylenes is 1. The van der Waals surface area contributed by atoms with Crippen LogP contribution in [0, 0.1) is 12.3 Å². The average molecular weight is 225 g/mol. The van der Waals surface area contributed by atoms with Gasteiger partial charge in [0.2, 0.25) is 0 Å². The Labute approximate surface area is 98.9 Å². The van der Waals surface area contributed by atoms with Crippen LogP contribution in [-0.2, 0) is 9.53 Å². The maximum absolute atomic E-state index is 11.6. The normalized spacial score (nSPS) is 12.9. The van der Waals surface area contributed by atoms with Gasteiger partial charge in [-0.05, 0) is 47.1 Å². The second-order valence-electron chi connectivity index (χ2n) is 4.87. The number of carbonyl (C=O) groups is 1. The summed E-state index contributed by atoms with van der Waals surface area (Å²) in [5, 5.41) is 3.12. The molecule has 0 aliphatic rings. The Bertz CT molecular complexity index is 248. The number of rotatable bonds is 6. The van der Waals surface area contributed by atoms with Crippen molar-refractivity contribution in [1.29, 1.82) is 0 Å². The Hall–Kier alpha value is -1.01. The van der Waals surface area contributed by atoms with Crippen LogP contribution in [0.15, 0.2) is 0 Å². The third kappa shape index (κ3) is 8.31. The lowest BCUT2D eigenvalue weighted by Gasteiger charge is -2.22. The molecule has 1 atom stereocenters. The number of carbonyl (C=O) groups excluding carboxylic acids is 1. The fourth-order valence-corrected chi connectivity index (χ4v) is 1.14. The zero-order valence-corrected chi connectivity index (χ0v) is 10.8. The van der Waals surface area contributed by atoms with Gasteiger partial charge in [0.1, 0.15) is 11.6 Å². The van der Waals surface area contributed by atoms with Crippen molar-refractivity contribution in [2.45, 2.75) is 58.6 Å². The molecule has 0 aliphatic heterocycles. The Morgan fingerprint density at radius 2 is 2.06 bits per heavy atom. The van der Waals surface area contributed by atoms with Crippen molar-refractivity contribution in [1.82, 2.24) is 5.32 Å². The molecule has 1 unspecified atom stereocenters. The molecule has 0 aliphatic carbocycles. The maximum atomic E-state index is 11.6. The van der Waals surface area contributed by atoms with E-state index in [1.165, 1.54) is 0 Å². The molecule has 0 aromatic rings. The average Bonchev–Trinajstić information content (AvgIpc) is 2.14. The summed E-state index contributed by atoms with van der Waals surface area (Å²) in [7, 11) is 0. The van der Waals surface area contributed by atoms with Crippen LogP contribution in [-0.4, -0.2) is 24.2 Å². The molecule has 0 aromatic carbocycles. The van der Waals surface area contributed by atoms with Gasteiger partial charge in [0.15, 0.2) is 0 Å². The van der Waals surface area contributed by atoms with E-state index in [1.807, 2.05) is 27.7 Å². The molecule has 0 saturated carbocycles. The fourth-order valence-electron chi connectivity index (χ4n) is 1.14. The van der Waals surface area contributed by atoms with Crippen LogP contribution in [0.1, 0.15) is 47.0 Å². The van der Waals surface area contributed by atoms with Crippen LogP contribution >= 0.6 is 0 Å². The van der Waals surface area contributed by atoms with E-state index in [1.54, 1.807) is 0 Å². The lowest BCUT2D eigenvalue weighted by atomic mass is 10.2. The van der Waals surface area contributed by atoms with Gasteiger partial charge in [-0.15, -0.1) is 12.3 Å². The molecular weight excluding hydrogens is 202 g/mol. The quantitative estimate of drug-likeness (QED) is 0.427. The third-order valence-corrected chi connectivity index (χ3v) is 1.96. The fraction of sp³-hybridized carbons (Fsp3) is 0.769. The second-order valence-corrected chi connectivity index (χ2v) is 4.87. The Morgan fingerprint density at radius 3 is 2.56 bits per heavy atom. The predicted octanol–water partition coefficient (Wildman–Crippen LogP) is 2.11. The minimum absolute atomic E-state index is 0.204. The molecule has 3 nitrogen and oxygen atoms in total. The van der Waals surface area contributed by atoms with E-state index in [2.05, 4.69) is 11.2 Å². The minimum Gasteiger partial charge on any atom is -0.459 e. The molecule has 92 valence electrons. The molecule has 0 saturated heterocycles. The molecule has 0 rings (SSSR count). The highest BCUT2D eigenvalue weighted by Crippen LogP contribution is 2.08. The monoisotopic (exact) mass is 225 g/mol. The molecule has 3 heteroatoms. The Morgan fingerprint density at radius 1 is 1.44 bits per heavy atom. The first-order chi connectivity index (χ1) is 7.37. The summed E-state index contributed by atoms with van der Waals surface area (Å²) in [6.45, 7) is 8.21. The SMILES string of the molecule is C#CCCCCNC(C)C(=O)OC(C)(C)C. The first-order valence-corrected chi connectivity index (χ1v) is 5.76. The first-order valence-electron chi connectivity index (χ1n) is 5.76. The highest BCUT2D eigenvalue weighted by atomic mass is 16.6. The zero-order valence-electron chi connectivity index (χ0n) is 10.8. The topological polar surface area (TPSA) is 38.3 Å². The summed E-state index contributed by atoms with van der Waals surface area (Å²) in [6, 6.07) is -0.259. The van der Waals surface area contributed by atoms with Gasteiger partial charge in [-0.2, -0.15) is 0 Å². The van der Waals surface area contributed by atoms with Crippen molar-refractivity contribution < 1.29 is 9.53 Å². The molecule has 0 radical (unpaired) electrons. The van der Waals surface area contributed by atoms with Gasteiger partial charge in [0, 0.05) is 6.42 Å². The first kappa shape index (κ1) is 15.0. The summed E-state index contributed by atoms with van der Waals surface area (Å²) in [5.74, 6) is 2.39. The summed E-state index contributed by atoms with van der Waals surface area (Å²) in [4.78, 5) is 11.6. The van der Waals surface area contributed by atoms with Crippen molar-refractivity contribution >= 4 is 5.97 Å². The van der Waals surface area contributed by atoms with E-state index in [4.69, 9.17) is 11.2 Å². The standard InChI is InChI=1S/C13H23NO2/c1-6-7-8-9-10-14-11(2)12(15)16-13(3,4)5/h1,11,14H,7-10H2,2-5H3. The zero-order chi connectivity index (χ0) is 12.6. The van der Waals surface area contributed by atoms with Gasteiger partial charge in [0.25, 0.3) is 0 Å². The summed E-state index contributed by atoms with van der Waals surface area (Å²) in [6.07, 6.45) is 7.91. The summed E-state index contributed by atoms with van der Waals surface area (Å²) in [5.41, 5.74) is -0.420. The van der Waals surface area contributed by atoms with E-state index in [9.17, 15) is 4.79 Å². The maximum Gasteiger partial charge on any atom is 0.323 e. The molecule has 0 heterocycles. The molecule has 0 fully saturated rings. The number of hydrogen-bond acceptors (Lipinski definition) is 3. The van der Waals surface area contributed by atoms with Crippen LogP contribution in [0.4, 0.5) is 0 Å². The molecular formula is C13H23NO2.